The molecule has 0 saturated heterocycles. The molecule has 0 aromatic heterocycles. The normalized spacial score (nSPS) is 7.73. The van der Waals surface area contributed by atoms with E-state index in [1.54, 1.807) is 0 Å². The van der Waals surface area contributed by atoms with Crippen LogP contribution in [0.1, 0.15) is 22.3 Å². The third-order valence-corrected chi connectivity index (χ3v) is 1.88. The molecule has 0 N–H and O–H groups in total. The lowest BCUT2D eigenvalue weighted by Crippen LogP contribution is -1.73. The van der Waals surface area contributed by atoms with Crippen LogP contribution in [-0.2, 0) is 0 Å². The summed E-state index contributed by atoms with van der Waals surface area (Å²) < 4.78 is 0. The van der Waals surface area contributed by atoms with Gasteiger partial charge in [0.05, 0.1) is 0 Å². The Bertz CT molecular complexity index is 297. The number of rotatable bonds is 1. The van der Waals surface area contributed by atoms with E-state index in [2.05, 4.69) is 48.5 Å². The van der Waals surface area contributed by atoms with Crippen LogP contribution in [-0.4, -0.2) is 0 Å². The van der Waals surface area contributed by atoms with Gasteiger partial charge in [-0.05, 0) is 11.1 Å². The largest absolute Gasteiger partial charge is 0.0776 e. The van der Waals surface area contributed by atoms with Crippen molar-refractivity contribution < 1.29 is 0 Å². The van der Waals surface area contributed by atoms with Gasteiger partial charge in [0, 0.05) is 0 Å². The van der Waals surface area contributed by atoms with Gasteiger partial charge in [0.15, 0.2) is 0 Å². The number of hydrogen-bond donors (Lipinski definition) is 0. The molecule has 0 fully saturated rings. The second-order valence-electron chi connectivity index (χ2n) is 2.73. The summed E-state index contributed by atoms with van der Waals surface area (Å²) in [6.07, 6.45) is 0. The Hall–Kier alpha value is -1.56. The van der Waals surface area contributed by atoms with Crippen molar-refractivity contribution in [1.29, 1.82) is 0 Å². The third-order valence-electron chi connectivity index (χ3n) is 1.88. The molecule has 0 saturated carbocycles. The van der Waals surface area contributed by atoms with Gasteiger partial charge < -0.3 is 0 Å². The minimum absolute atomic E-state index is 0. The zero-order valence-electron chi connectivity index (χ0n) is 6.77. The van der Waals surface area contributed by atoms with Crippen molar-refractivity contribution in [1.82, 2.24) is 0 Å². The summed E-state index contributed by atoms with van der Waals surface area (Å²) in [5.74, 6) is 0. The van der Waals surface area contributed by atoms with Crippen LogP contribution in [0.5, 0.6) is 0 Å². The monoisotopic (exact) mass is 202 g/mol. The molecule has 0 heterocycles. The fourth-order valence-corrected chi connectivity index (χ4v) is 1.26. The quantitative estimate of drug-likeness (QED) is 0.591. The van der Waals surface area contributed by atoms with E-state index in [0.29, 0.717) is 0 Å². The van der Waals surface area contributed by atoms with Crippen LogP contribution in [0.2, 0.25) is 0 Å². The molecule has 0 bridgehead atoms. The lowest BCUT2D eigenvalue weighted by atomic mass is 10.1. The Morgan fingerprint density at radius 1 is 0.400 bits per heavy atom. The first-order valence-electron chi connectivity index (χ1n) is 4.07. The van der Waals surface area contributed by atoms with Crippen LogP contribution in [0, 0.1) is 0 Å². The summed E-state index contributed by atoms with van der Waals surface area (Å²) in [5, 5.41) is 0. The fourth-order valence-electron chi connectivity index (χ4n) is 1.26. The minimum atomic E-state index is 0. The van der Waals surface area contributed by atoms with Gasteiger partial charge in [0.1, 0.15) is 0 Å². The average molecular weight is 202 g/mol. The highest BCUT2D eigenvalue weighted by atomic mass is 14.0. The Labute approximate surface area is 94.6 Å². The molecule has 0 heteroatoms. The summed E-state index contributed by atoms with van der Waals surface area (Å²) >= 11 is 0. The standard InChI is InChI=1S/C12H10.3CH4/c1-3-7-11(8-4-1)12-9-5-2-6-10-12;;;/h1-10H;3*1H4. The molecule has 82 valence electrons. The Morgan fingerprint density at radius 3 is 0.933 bits per heavy atom. The topological polar surface area (TPSA) is 0 Å². The predicted octanol–water partition coefficient (Wildman–Crippen LogP) is 5.26. The first-order valence-corrected chi connectivity index (χ1v) is 4.07. The van der Waals surface area contributed by atoms with Crippen LogP contribution >= 0.6 is 0 Å². The summed E-state index contributed by atoms with van der Waals surface area (Å²) in [4.78, 5) is 0. The van der Waals surface area contributed by atoms with Crippen LogP contribution in [0.4, 0.5) is 0 Å². The molecule has 2 aromatic rings. The summed E-state index contributed by atoms with van der Waals surface area (Å²) in [6.45, 7) is 0. The smallest absolute Gasteiger partial charge is 0.0184 e. The van der Waals surface area contributed by atoms with Gasteiger partial charge in [-0.25, -0.2) is 0 Å². The Balaban J connectivity index is 0. The third kappa shape index (κ3) is 3.99. The fraction of sp³-hybridized carbons (Fsp3) is 0.200. The summed E-state index contributed by atoms with van der Waals surface area (Å²) in [5.41, 5.74) is 2.55. The molecule has 0 nitrogen and oxygen atoms in total. The molecular weight excluding hydrogens is 180 g/mol. The van der Waals surface area contributed by atoms with Gasteiger partial charge in [-0.3, -0.25) is 0 Å². The lowest BCUT2D eigenvalue weighted by Gasteiger charge is -1.98. The van der Waals surface area contributed by atoms with Crippen molar-refractivity contribution in [2.45, 2.75) is 22.3 Å². The number of benzene rings is 2. The molecule has 2 rings (SSSR count). The molecule has 2 aromatic carbocycles. The second-order valence-corrected chi connectivity index (χ2v) is 2.73. The first-order chi connectivity index (χ1) is 5.97. The Morgan fingerprint density at radius 2 is 0.667 bits per heavy atom. The summed E-state index contributed by atoms with van der Waals surface area (Å²) in [7, 11) is 0. The van der Waals surface area contributed by atoms with Gasteiger partial charge in [0.2, 0.25) is 0 Å². The molecule has 0 amide bonds. The molecule has 0 spiro atoms. The molecule has 0 aliphatic heterocycles. The maximum absolute atomic E-state index is 2.12. The minimum Gasteiger partial charge on any atom is -0.0776 e. The van der Waals surface area contributed by atoms with Gasteiger partial charge in [0.25, 0.3) is 0 Å². The maximum Gasteiger partial charge on any atom is -0.0184 e. The highest BCUT2D eigenvalue weighted by Gasteiger charge is 1.91. The van der Waals surface area contributed by atoms with Crippen LogP contribution in [0.3, 0.4) is 0 Å². The van der Waals surface area contributed by atoms with Crippen LogP contribution < -0.4 is 0 Å². The second kappa shape index (κ2) is 7.81. The van der Waals surface area contributed by atoms with Gasteiger partial charge in [-0.2, -0.15) is 0 Å². The highest BCUT2D eigenvalue weighted by Crippen LogP contribution is 2.17. The van der Waals surface area contributed by atoms with Crippen molar-refractivity contribution >= 4 is 0 Å². The van der Waals surface area contributed by atoms with E-state index in [1.165, 1.54) is 11.1 Å². The molecule has 0 aliphatic rings. The van der Waals surface area contributed by atoms with E-state index in [0.717, 1.165) is 0 Å². The average Bonchev–Trinajstić information content (AvgIpc) is 2.21. The zero-order valence-corrected chi connectivity index (χ0v) is 6.77. The number of hydrogen-bond acceptors (Lipinski definition) is 0. The summed E-state index contributed by atoms with van der Waals surface area (Å²) in [6, 6.07) is 20.8. The zero-order chi connectivity index (χ0) is 8.23. The molecule has 0 radical (unpaired) electrons. The first kappa shape index (κ1) is 15.9. The van der Waals surface area contributed by atoms with Crippen molar-refractivity contribution in [3.8, 4) is 11.1 Å². The van der Waals surface area contributed by atoms with E-state index >= 15 is 0 Å². The SMILES string of the molecule is C.C.C.c1ccc(-c2ccccc2)cc1. The van der Waals surface area contributed by atoms with E-state index in [1.807, 2.05) is 12.1 Å². The maximum atomic E-state index is 2.12. The van der Waals surface area contributed by atoms with Crippen LogP contribution in [0.25, 0.3) is 11.1 Å². The molecule has 15 heavy (non-hydrogen) atoms. The van der Waals surface area contributed by atoms with Gasteiger partial charge in [-0.15, -0.1) is 0 Å². The molecule has 0 unspecified atom stereocenters. The predicted molar refractivity (Wildman–Crippen MR) is 72.1 cm³/mol. The van der Waals surface area contributed by atoms with Gasteiger partial charge >= 0.3 is 0 Å². The molecule has 0 atom stereocenters. The van der Waals surface area contributed by atoms with Crippen molar-refractivity contribution in [2.75, 3.05) is 0 Å². The van der Waals surface area contributed by atoms with Gasteiger partial charge in [-0.1, -0.05) is 82.9 Å². The van der Waals surface area contributed by atoms with E-state index in [4.69, 9.17) is 0 Å². The van der Waals surface area contributed by atoms with Crippen molar-refractivity contribution in [3.05, 3.63) is 60.7 Å². The molecule has 0 aliphatic carbocycles. The lowest BCUT2D eigenvalue weighted by molar-refractivity contribution is 1.62. The van der Waals surface area contributed by atoms with Crippen molar-refractivity contribution in [3.63, 3.8) is 0 Å². The van der Waals surface area contributed by atoms with E-state index in [9.17, 15) is 0 Å². The Kier molecular flexibility index (Phi) is 8.27. The van der Waals surface area contributed by atoms with Crippen LogP contribution in [0.15, 0.2) is 60.7 Å². The highest BCUT2D eigenvalue weighted by molar-refractivity contribution is 5.62. The van der Waals surface area contributed by atoms with E-state index in [-0.39, 0.29) is 22.3 Å². The molecular formula is C15H22. The van der Waals surface area contributed by atoms with Crippen molar-refractivity contribution in [2.24, 2.45) is 0 Å². The van der Waals surface area contributed by atoms with E-state index < -0.39 is 0 Å².